The second-order valence-electron chi connectivity index (χ2n) is 3.52. The van der Waals surface area contributed by atoms with Crippen molar-refractivity contribution in [2.45, 2.75) is 0 Å². The predicted octanol–water partition coefficient (Wildman–Crippen LogP) is 2.58. The van der Waals surface area contributed by atoms with Crippen LogP contribution in [0.3, 0.4) is 0 Å². The van der Waals surface area contributed by atoms with Crippen LogP contribution in [0.5, 0.6) is 0 Å². The molecule has 0 fully saturated rings. The zero-order chi connectivity index (χ0) is 11.7. The van der Waals surface area contributed by atoms with Gasteiger partial charge in [0.05, 0.1) is 6.26 Å². The molecule has 0 aliphatic carbocycles. The lowest BCUT2D eigenvalue weighted by atomic mass is 10.2. The third-order valence-electron chi connectivity index (χ3n) is 2.33. The Bertz CT molecular complexity index is 612. The van der Waals surface area contributed by atoms with Gasteiger partial charge in [-0.3, -0.25) is 0 Å². The van der Waals surface area contributed by atoms with E-state index in [9.17, 15) is 0 Å². The fraction of sp³-hybridized carbons (Fsp3) is 0. The number of anilines is 1. The van der Waals surface area contributed by atoms with Gasteiger partial charge in [-0.1, -0.05) is 5.16 Å². The van der Waals surface area contributed by atoms with Crippen molar-refractivity contribution in [1.82, 2.24) is 10.1 Å². The van der Waals surface area contributed by atoms with Crippen molar-refractivity contribution < 1.29 is 8.94 Å². The number of rotatable bonds is 2. The van der Waals surface area contributed by atoms with E-state index in [1.165, 1.54) is 0 Å². The van der Waals surface area contributed by atoms with Gasteiger partial charge in [0.2, 0.25) is 5.82 Å². The highest BCUT2D eigenvalue weighted by Gasteiger charge is 2.11. The van der Waals surface area contributed by atoms with Crippen molar-refractivity contribution in [1.29, 1.82) is 0 Å². The second-order valence-corrected chi connectivity index (χ2v) is 3.52. The summed E-state index contributed by atoms with van der Waals surface area (Å²) in [5.74, 6) is 1.43. The Morgan fingerprint density at radius 2 is 1.88 bits per heavy atom. The number of benzene rings is 1. The molecule has 84 valence electrons. The van der Waals surface area contributed by atoms with Crippen LogP contribution in [0.25, 0.3) is 23.0 Å². The van der Waals surface area contributed by atoms with Crippen LogP contribution in [-0.4, -0.2) is 10.1 Å². The van der Waals surface area contributed by atoms with Gasteiger partial charge in [-0.15, -0.1) is 0 Å². The van der Waals surface area contributed by atoms with Crippen LogP contribution < -0.4 is 5.73 Å². The fourth-order valence-corrected chi connectivity index (χ4v) is 1.47. The molecule has 5 nitrogen and oxygen atoms in total. The van der Waals surface area contributed by atoms with Gasteiger partial charge in [0, 0.05) is 11.3 Å². The molecular weight excluding hydrogens is 218 g/mol. The van der Waals surface area contributed by atoms with Crippen LogP contribution in [0.4, 0.5) is 5.69 Å². The van der Waals surface area contributed by atoms with Crippen LogP contribution in [0, 0.1) is 0 Å². The van der Waals surface area contributed by atoms with E-state index in [0.717, 1.165) is 5.56 Å². The van der Waals surface area contributed by atoms with E-state index < -0.39 is 0 Å². The first-order valence-corrected chi connectivity index (χ1v) is 5.06. The summed E-state index contributed by atoms with van der Waals surface area (Å²) in [4.78, 5) is 4.24. The molecule has 0 atom stereocenters. The minimum Gasteiger partial charge on any atom is -0.459 e. The summed E-state index contributed by atoms with van der Waals surface area (Å²) in [5.41, 5.74) is 7.15. The zero-order valence-electron chi connectivity index (χ0n) is 8.83. The van der Waals surface area contributed by atoms with Gasteiger partial charge in [0.25, 0.3) is 5.89 Å². The molecule has 2 heterocycles. The van der Waals surface area contributed by atoms with Crippen LogP contribution >= 0.6 is 0 Å². The standard InChI is InChI=1S/C12H9N3O2/c13-9-5-3-8(4-6-9)11-14-12(17-15-11)10-2-1-7-16-10/h1-7H,13H2. The largest absolute Gasteiger partial charge is 0.459 e. The Kier molecular flexibility index (Phi) is 2.15. The van der Waals surface area contributed by atoms with Crippen molar-refractivity contribution in [2.24, 2.45) is 0 Å². The summed E-state index contributed by atoms with van der Waals surface area (Å²) in [7, 11) is 0. The maximum absolute atomic E-state index is 5.61. The highest BCUT2D eigenvalue weighted by Crippen LogP contribution is 2.22. The first-order valence-electron chi connectivity index (χ1n) is 5.06. The van der Waals surface area contributed by atoms with Gasteiger partial charge in [-0.2, -0.15) is 4.98 Å². The molecule has 0 aliphatic heterocycles. The van der Waals surface area contributed by atoms with Crippen LogP contribution in [-0.2, 0) is 0 Å². The van der Waals surface area contributed by atoms with Gasteiger partial charge >= 0.3 is 0 Å². The maximum atomic E-state index is 5.61. The molecule has 0 saturated carbocycles. The topological polar surface area (TPSA) is 78.1 Å². The SMILES string of the molecule is Nc1ccc(-c2noc(-c3ccco3)n2)cc1. The third-order valence-corrected chi connectivity index (χ3v) is 2.33. The molecule has 0 spiro atoms. The molecular formula is C12H9N3O2. The molecule has 3 aromatic rings. The van der Waals surface area contributed by atoms with E-state index in [-0.39, 0.29) is 0 Å². The van der Waals surface area contributed by atoms with Crippen molar-refractivity contribution in [3.8, 4) is 23.0 Å². The van der Waals surface area contributed by atoms with Gasteiger partial charge in [0.1, 0.15) is 0 Å². The molecule has 2 aromatic heterocycles. The zero-order valence-corrected chi connectivity index (χ0v) is 8.83. The maximum Gasteiger partial charge on any atom is 0.293 e. The normalized spacial score (nSPS) is 10.6. The van der Waals surface area contributed by atoms with Gasteiger partial charge in [-0.05, 0) is 36.4 Å². The Morgan fingerprint density at radius 1 is 1.06 bits per heavy atom. The van der Waals surface area contributed by atoms with E-state index in [1.807, 2.05) is 12.1 Å². The molecule has 1 aromatic carbocycles. The summed E-state index contributed by atoms with van der Waals surface area (Å²) in [6.45, 7) is 0. The minimum absolute atomic E-state index is 0.363. The summed E-state index contributed by atoms with van der Waals surface area (Å²) in [6, 6.07) is 10.8. The minimum atomic E-state index is 0.363. The van der Waals surface area contributed by atoms with E-state index in [4.69, 9.17) is 14.7 Å². The first kappa shape index (κ1) is 9.65. The molecule has 0 amide bonds. The molecule has 0 radical (unpaired) electrons. The van der Waals surface area contributed by atoms with Gasteiger partial charge in [-0.25, -0.2) is 0 Å². The van der Waals surface area contributed by atoms with Crippen molar-refractivity contribution in [3.05, 3.63) is 42.7 Å². The molecule has 2 N–H and O–H groups in total. The molecule has 0 bridgehead atoms. The third kappa shape index (κ3) is 1.78. The second kappa shape index (κ2) is 3.79. The summed E-state index contributed by atoms with van der Waals surface area (Å²) in [5, 5.41) is 3.89. The van der Waals surface area contributed by atoms with E-state index in [2.05, 4.69) is 10.1 Å². The quantitative estimate of drug-likeness (QED) is 0.681. The monoisotopic (exact) mass is 227 g/mol. The fourth-order valence-electron chi connectivity index (χ4n) is 1.47. The molecule has 5 heteroatoms. The van der Waals surface area contributed by atoms with Gasteiger partial charge < -0.3 is 14.7 Å². The number of aromatic nitrogens is 2. The summed E-state index contributed by atoms with van der Waals surface area (Å²) >= 11 is 0. The molecule has 0 saturated heterocycles. The van der Waals surface area contributed by atoms with Crippen LogP contribution in [0.1, 0.15) is 0 Å². The summed E-state index contributed by atoms with van der Waals surface area (Å²) < 4.78 is 10.3. The van der Waals surface area contributed by atoms with Crippen LogP contribution in [0.2, 0.25) is 0 Å². The Hall–Kier alpha value is -2.56. The number of furan rings is 1. The first-order chi connectivity index (χ1) is 8.33. The molecule has 0 aliphatic rings. The highest BCUT2D eigenvalue weighted by atomic mass is 16.5. The number of nitrogens with two attached hydrogens (primary N) is 1. The molecule has 0 unspecified atom stereocenters. The number of nitrogen functional groups attached to an aromatic ring is 1. The predicted molar refractivity (Wildman–Crippen MR) is 61.8 cm³/mol. The van der Waals surface area contributed by atoms with E-state index in [0.29, 0.717) is 23.2 Å². The van der Waals surface area contributed by atoms with Crippen molar-refractivity contribution in [3.63, 3.8) is 0 Å². The van der Waals surface area contributed by atoms with E-state index >= 15 is 0 Å². The van der Waals surface area contributed by atoms with E-state index in [1.54, 1.807) is 30.5 Å². The van der Waals surface area contributed by atoms with Crippen LogP contribution in [0.15, 0.2) is 51.6 Å². The molecule has 3 rings (SSSR count). The number of nitrogens with zero attached hydrogens (tertiary/aromatic N) is 2. The lowest BCUT2D eigenvalue weighted by Gasteiger charge is -1.94. The number of hydrogen-bond acceptors (Lipinski definition) is 5. The smallest absolute Gasteiger partial charge is 0.293 e. The average Bonchev–Trinajstić information content (AvgIpc) is 3.00. The van der Waals surface area contributed by atoms with Crippen molar-refractivity contribution in [2.75, 3.05) is 5.73 Å². The van der Waals surface area contributed by atoms with Crippen molar-refractivity contribution >= 4 is 5.69 Å². The Labute approximate surface area is 96.9 Å². The average molecular weight is 227 g/mol. The Balaban J connectivity index is 1.98. The lowest BCUT2D eigenvalue weighted by Crippen LogP contribution is -1.85. The Morgan fingerprint density at radius 3 is 2.59 bits per heavy atom. The summed E-state index contributed by atoms with van der Waals surface area (Å²) in [6.07, 6.45) is 1.56. The molecule has 17 heavy (non-hydrogen) atoms. The highest BCUT2D eigenvalue weighted by molar-refractivity contribution is 5.60. The lowest BCUT2D eigenvalue weighted by molar-refractivity contribution is 0.417. The number of hydrogen-bond donors (Lipinski definition) is 1. The van der Waals surface area contributed by atoms with Gasteiger partial charge in [0.15, 0.2) is 5.76 Å².